The van der Waals surface area contributed by atoms with E-state index in [-0.39, 0.29) is 54.3 Å². The lowest BCUT2D eigenvalue weighted by Crippen LogP contribution is -2.41. The summed E-state index contributed by atoms with van der Waals surface area (Å²) in [5, 5.41) is 0. The van der Waals surface area contributed by atoms with Crippen molar-refractivity contribution in [3.63, 3.8) is 0 Å². The van der Waals surface area contributed by atoms with Gasteiger partial charge in [-0.1, -0.05) is 6.92 Å². The molecule has 2 bridgehead atoms. The third kappa shape index (κ3) is 2.34. The molecule has 1 heterocycles. The summed E-state index contributed by atoms with van der Waals surface area (Å²) in [5.74, 6) is -1.81. The Morgan fingerprint density at radius 1 is 1.30 bits per heavy atom. The maximum atomic E-state index is 12.2. The van der Waals surface area contributed by atoms with Crippen LogP contribution in [0.15, 0.2) is 0 Å². The van der Waals surface area contributed by atoms with Crippen LogP contribution >= 0.6 is 0 Å². The highest BCUT2D eigenvalue weighted by Crippen LogP contribution is 2.60. The molecule has 6 heteroatoms. The Labute approximate surface area is 135 Å². The van der Waals surface area contributed by atoms with E-state index in [4.69, 9.17) is 14.2 Å². The molecule has 6 atom stereocenters. The second-order valence-corrected chi connectivity index (χ2v) is 7.54. The van der Waals surface area contributed by atoms with Crippen molar-refractivity contribution < 1.29 is 28.6 Å². The summed E-state index contributed by atoms with van der Waals surface area (Å²) in [5.41, 5.74) is -0.533. The molecule has 23 heavy (non-hydrogen) atoms. The minimum absolute atomic E-state index is 0.00793. The first kappa shape index (κ1) is 16.3. The molecule has 6 unspecified atom stereocenters. The van der Waals surface area contributed by atoms with Crippen LogP contribution in [0.2, 0.25) is 0 Å². The van der Waals surface area contributed by atoms with Gasteiger partial charge in [-0.15, -0.1) is 0 Å². The average molecular weight is 324 g/mol. The van der Waals surface area contributed by atoms with Gasteiger partial charge in [0, 0.05) is 11.8 Å². The number of hydrogen-bond donors (Lipinski definition) is 0. The first-order valence-electron chi connectivity index (χ1n) is 8.27. The molecule has 6 nitrogen and oxygen atoms in total. The van der Waals surface area contributed by atoms with Crippen LogP contribution in [-0.4, -0.2) is 37.7 Å². The number of esters is 3. The maximum absolute atomic E-state index is 12.2. The zero-order valence-corrected chi connectivity index (χ0v) is 14.0. The normalized spacial score (nSPS) is 37.7. The minimum atomic E-state index is -0.533. The van der Waals surface area contributed by atoms with Crippen molar-refractivity contribution >= 4 is 17.9 Å². The fourth-order valence-electron chi connectivity index (χ4n) is 4.38. The van der Waals surface area contributed by atoms with E-state index in [9.17, 15) is 14.4 Å². The van der Waals surface area contributed by atoms with E-state index >= 15 is 0 Å². The predicted octanol–water partition coefficient (Wildman–Crippen LogP) is 1.56. The van der Waals surface area contributed by atoms with Gasteiger partial charge in [-0.05, 0) is 32.6 Å². The smallest absolute Gasteiger partial charge is 0.311 e. The van der Waals surface area contributed by atoms with Crippen molar-refractivity contribution in [2.24, 2.45) is 35.0 Å². The molecular weight excluding hydrogens is 300 g/mol. The number of hydrogen-bond acceptors (Lipinski definition) is 6. The summed E-state index contributed by atoms with van der Waals surface area (Å²) in [6, 6.07) is 0. The zero-order chi connectivity index (χ0) is 16.9. The minimum Gasteiger partial charge on any atom is -0.469 e. The van der Waals surface area contributed by atoms with Crippen LogP contribution in [0.25, 0.3) is 0 Å². The van der Waals surface area contributed by atoms with Crippen LogP contribution < -0.4 is 0 Å². The van der Waals surface area contributed by atoms with Gasteiger partial charge in [0.15, 0.2) is 0 Å². The molecule has 0 radical (unpaired) electrons. The Balaban J connectivity index is 1.73. The molecular formula is C17H24O6. The Morgan fingerprint density at radius 3 is 2.61 bits per heavy atom. The van der Waals surface area contributed by atoms with Crippen LogP contribution in [0.1, 0.15) is 33.6 Å². The summed E-state index contributed by atoms with van der Waals surface area (Å²) < 4.78 is 15.9. The van der Waals surface area contributed by atoms with Crippen molar-refractivity contribution in [1.82, 2.24) is 0 Å². The Kier molecular flexibility index (Phi) is 3.89. The zero-order valence-electron chi connectivity index (χ0n) is 14.0. The third-order valence-electron chi connectivity index (χ3n) is 6.09. The van der Waals surface area contributed by atoms with Crippen LogP contribution in [0.5, 0.6) is 0 Å². The van der Waals surface area contributed by atoms with Gasteiger partial charge in [0.2, 0.25) is 0 Å². The lowest BCUT2D eigenvalue weighted by Gasteiger charge is -2.31. The molecule has 0 N–H and O–H groups in total. The number of fused-ring (bicyclic) bond motifs is 1. The molecule has 0 aromatic rings. The van der Waals surface area contributed by atoms with Gasteiger partial charge < -0.3 is 14.2 Å². The van der Waals surface area contributed by atoms with Gasteiger partial charge in [0.05, 0.1) is 31.0 Å². The van der Waals surface area contributed by atoms with Gasteiger partial charge in [0.1, 0.15) is 6.10 Å². The highest BCUT2D eigenvalue weighted by Gasteiger charge is 2.68. The summed E-state index contributed by atoms with van der Waals surface area (Å²) in [4.78, 5) is 36.3. The second-order valence-electron chi connectivity index (χ2n) is 7.54. The largest absolute Gasteiger partial charge is 0.469 e. The van der Waals surface area contributed by atoms with Gasteiger partial charge in [-0.2, -0.15) is 0 Å². The van der Waals surface area contributed by atoms with Crippen LogP contribution in [0.4, 0.5) is 0 Å². The lowest BCUT2D eigenvalue weighted by atomic mass is 9.74. The molecule has 128 valence electrons. The van der Waals surface area contributed by atoms with E-state index in [2.05, 4.69) is 0 Å². The van der Waals surface area contributed by atoms with Gasteiger partial charge in [-0.3, -0.25) is 14.4 Å². The maximum Gasteiger partial charge on any atom is 0.311 e. The van der Waals surface area contributed by atoms with E-state index in [0.29, 0.717) is 6.42 Å². The van der Waals surface area contributed by atoms with E-state index in [1.165, 1.54) is 7.11 Å². The quantitative estimate of drug-likeness (QED) is 0.564. The van der Waals surface area contributed by atoms with E-state index in [0.717, 1.165) is 6.42 Å². The van der Waals surface area contributed by atoms with Gasteiger partial charge in [-0.25, -0.2) is 0 Å². The number of ether oxygens (including phenoxy) is 3. The SMILES string of the molecule is CCC(C)(C)C(=O)OCC1C2CC3C1OC(=O)C3C2C(=O)OC. The molecule has 1 saturated heterocycles. The molecule has 3 aliphatic rings. The van der Waals surface area contributed by atoms with Crippen molar-refractivity contribution in [2.45, 2.75) is 39.7 Å². The van der Waals surface area contributed by atoms with E-state index in [1.807, 2.05) is 20.8 Å². The molecule has 1 aliphatic heterocycles. The molecule has 3 rings (SSSR count). The molecule has 3 fully saturated rings. The van der Waals surface area contributed by atoms with Crippen molar-refractivity contribution in [3.05, 3.63) is 0 Å². The number of carbonyl (C=O) groups is 3. The van der Waals surface area contributed by atoms with Crippen LogP contribution in [0.3, 0.4) is 0 Å². The van der Waals surface area contributed by atoms with Gasteiger partial charge >= 0.3 is 17.9 Å². The Bertz CT molecular complexity index is 539. The first-order chi connectivity index (χ1) is 10.8. The lowest BCUT2D eigenvalue weighted by molar-refractivity contribution is -0.158. The summed E-state index contributed by atoms with van der Waals surface area (Å²) in [6.45, 7) is 5.83. The monoisotopic (exact) mass is 324 g/mol. The van der Waals surface area contributed by atoms with E-state index < -0.39 is 11.3 Å². The van der Waals surface area contributed by atoms with Crippen LogP contribution in [0, 0.1) is 35.0 Å². The van der Waals surface area contributed by atoms with E-state index in [1.54, 1.807) is 0 Å². The second kappa shape index (κ2) is 5.49. The first-order valence-corrected chi connectivity index (χ1v) is 8.27. The standard InChI is InChI=1S/C17H24O6/c1-5-17(2,3)16(20)22-7-10-8-6-9-12(11(8)14(18)21-4)15(19)23-13(9)10/h8-13H,5-7H2,1-4H3. The molecule has 2 aliphatic carbocycles. The summed E-state index contributed by atoms with van der Waals surface area (Å²) in [6.07, 6.45) is 1.23. The van der Waals surface area contributed by atoms with Crippen molar-refractivity contribution in [2.75, 3.05) is 13.7 Å². The number of methoxy groups -OCH3 is 1. The summed E-state index contributed by atoms with van der Waals surface area (Å²) in [7, 11) is 1.34. The average Bonchev–Trinajstić information content (AvgIpc) is 3.13. The highest BCUT2D eigenvalue weighted by atomic mass is 16.6. The topological polar surface area (TPSA) is 78.9 Å². The number of carbonyl (C=O) groups excluding carboxylic acids is 3. The molecule has 0 amide bonds. The van der Waals surface area contributed by atoms with Crippen LogP contribution in [-0.2, 0) is 28.6 Å². The Hall–Kier alpha value is -1.59. The fraction of sp³-hybridized carbons (Fsp3) is 0.824. The molecule has 0 aromatic carbocycles. The number of rotatable bonds is 5. The molecule has 0 spiro atoms. The Morgan fingerprint density at radius 2 is 2.00 bits per heavy atom. The van der Waals surface area contributed by atoms with Gasteiger partial charge in [0.25, 0.3) is 0 Å². The fourth-order valence-corrected chi connectivity index (χ4v) is 4.38. The highest BCUT2D eigenvalue weighted by molar-refractivity contribution is 5.86. The van der Waals surface area contributed by atoms with Crippen molar-refractivity contribution in [3.8, 4) is 0 Å². The van der Waals surface area contributed by atoms with Crippen molar-refractivity contribution in [1.29, 1.82) is 0 Å². The summed E-state index contributed by atoms with van der Waals surface area (Å²) >= 11 is 0. The molecule has 2 saturated carbocycles. The third-order valence-corrected chi connectivity index (χ3v) is 6.09. The predicted molar refractivity (Wildman–Crippen MR) is 79.0 cm³/mol. The molecule has 0 aromatic heterocycles.